The van der Waals surface area contributed by atoms with E-state index in [0.717, 1.165) is 13.0 Å². The van der Waals surface area contributed by atoms with E-state index in [1.54, 1.807) is 6.92 Å². The Hall–Kier alpha value is -0.570. The Labute approximate surface area is 80.8 Å². The average Bonchev–Trinajstić information content (AvgIpc) is 2.00. The third-order valence-electron chi connectivity index (χ3n) is 1.90. The summed E-state index contributed by atoms with van der Waals surface area (Å²) in [5, 5.41) is 2.83. The lowest BCUT2D eigenvalue weighted by Crippen LogP contribution is -2.35. The first-order valence-corrected chi connectivity index (χ1v) is 4.67. The minimum Gasteiger partial charge on any atom is -0.372 e. The van der Waals surface area contributed by atoms with Gasteiger partial charge in [-0.1, -0.05) is 20.8 Å². The van der Waals surface area contributed by atoms with E-state index >= 15 is 0 Å². The molecule has 0 aliphatic heterocycles. The molecule has 0 aromatic rings. The Morgan fingerprint density at radius 1 is 1.46 bits per heavy atom. The van der Waals surface area contributed by atoms with E-state index in [0.29, 0.717) is 0 Å². The zero-order chi connectivity index (χ0) is 10.5. The van der Waals surface area contributed by atoms with Crippen LogP contribution in [-0.2, 0) is 9.53 Å². The largest absolute Gasteiger partial charge is 0.372 e. The molecule has 0 saturated heterocycles. The Balaban J connectivity index is 3.60. The molecule has 0 aromatic carbocycles. The van der Waals surface area contributed by atoms with Gasteiger partial charge in [0.05, 0.1) is 0 Å². The molecule has 1 atom stereocenters. The predicted molar refractivity (Wildman–Crippen MR) is 53.6 cm³/mol. The molecule has 0 bridgehead atoms. The van der Waals surface area contributed by atoms with Crippen molar-refractivity contribution in [3.8, 4) is 0 Å². The summed E-state index contributed by atoms with van der Waals surface area (Å²) in [4.78, 5) is 11.2. The van der Waals surface area contributed by atoms with Crippen LogP contribution in [0.4, 0.5) is 0 Å². The van der Waals surface area contributed by atoms with Gasteiger partial charge in [-0.25, -0.2) is 0 Å². The van der Waals surface area contributed by atoms with Crippen molar-refractivity contribution in [2.45, 2.75) is 40.2 Å². The van der Waals surface area contributed by atoms with Crippen LogP contribution < -0.4 is 5.32 Å². The van der Waals surface area contributed by atoms with Gasteiger partial charge >= 0.3 is 0 Å². The highest BCUT2D eigenvalue weighted by molar-refractivity contribution is 5.80. The normalized spacial score (nSPS) is 13.9. The molecule has 3 heteroatoms. The molecule has 0 aromatic heterocycles. The first kappa shape index (κ1) is 12.4. The predicted octanol–water partition coefficient (Wildman–Crippen LogP) is 1.57. The topological polar surface area (TPSA) is 38.3 Å². The fourth-order valence-electron chi connectivity index (χ4n) is 0.811. The van der Waals surface area contributed by atoms with E-state index in [2.05, 4.69) is 26.1 Å². The van der Waals surface area contributed by atoms with Crippen LogP contribution in [0.3, 0.4) is 0 Å². The van der Waals surface area contributed by atoms with Gasteiger partial charge in [0.1, 0.15) is 6.10 Å². The Morgan fingerprint density at radius 2 is 2.00 bits per heavy atom. The molecule has 1 N–H and O–H groups in total. The number of methoxy groups -OCH3 is 1. The second-order valence-electron chi connectivity index (χ2n) is 4.48. The van der Waals surface area contributed by atoms with Crippen molar-refractivity contribution in [1.29, 1.82) is 0 Å². The van der Waals surface area contributed by atoms with Gasteiger partial charge in [0.25, 0.3) is 0 Å². The van der Waals surface area contributed by atoms with Crippen LogP contribution in [0.25, 0.3) is 0 Å². The zero-order valence-electron chi connectivity index (χ0n) is 9.31. The standard InChI is InChI=1S/C10H21NO2/c1-8(13-5)9(12)11-7-6-10(2,3)4/h8H,6-7H2,1-5H3,(H,11,12). The van der Waals surface area contributed by atoms with E-state index in [9.17, 15) is 4.79 Å². The molecular weight excluding hydrogens is 166 g/mol. The van der Waals surface area contributed by atoms with E-state index in [-0.39, 0.29) is 17.4 Å². The van der Waals surface area contributed by atoms with Gasteiger partial charge in [0.15, 0.2) is 0 Å². The van der Waals surface area contributed by atoms with Crippen LogP contribution in [0.2, 0.25) is 0 Å². The summed E-state index contributed by atoms with van der Waals surface area (Å²) >= 11 is 0. The molecule has 0 spiro atoms. The third-order valence-corrected chi connectivity index (χ3v) is 1.90. The summed E-state index contributed by atoms with van der Waals surface area (Å²) in [6, 6.07) is 0. The monoisotopic (exact) mass is 187 g/mol. The van der Waals surface area contributed by atoms with Crippen molar-refractivity contribution in [1.82, 2.24) is 5.32 Å². The number of carbonyl (C=O) groups is 1. The number of hydrogen-bond donors (Lipinski definition) is 1. The number of ether oxygens (including phenoxy) is 1. The van der Waals surface area contributed by atoms with Crippen LogP contribution in [0, 0.1) is 5.41 Å². The number of amides is 1. The molecule has 0 aliphatic rings. The maximum Gasteiger partial charge on any atom is 0.248 e. The first-order chi connectivity index (χ1) is 5.87. The van der Waals surface area contributed by atoms with Crippen molar-refractivity contribution < 1.29 is 9.53 Å². The van der Waals surface area contributed by atoms with Crippen molar-refractivity contribution >= 4 is 5.91 Å². The van der Waals surface area contributed by atoms with Gasteiger partial charge in [0, 0.05) is 13.7 Å². The van der Waals surface area contributed by atoms with Crippen molar-refractivity contribution in [3.63, 3.8) is 0 Å². The van der Waals surface area contributed by atoms with Crippen LogP contribution in [0.1, 0.15) is 34.1 Å². The minimum atomic E-state index is -0.347. The molecule has 0 rings (SSSR count). The lowest BCUT2D eigenvalue weighted by Gasteiger charge is -2.18. The lowest BCUT2D eigenvalue weighted by molar-refractivity contribution is -0.130. The molecule has 0 radical (unpaired) electrons. The highest BCUT2D eigenvalue weighted by Gasteiger charge is 2.13. The molecule has 0 aliphatic carbocycles. The van der Waals surface area contributed by atoms with E-state index in [1.807, 2.05) is 0 Å². The summed E-state index contributed by atoms with van der Waals surface area (Å²) in [5.41, 5.74) is 0.267. The van der Waals surface area contributed by atoms with Gasteiger partial charge in [-0.15, -0.1) is 0 Å². The first-order valence-electron chi connectivity index (χ1n) is 4.67. The Bertz CT molecular complexity index is 161. The van der Waals surface area contributed by atoms with Crippen molar-refractivity contribution in [2.75, 3.05) is 13.7 Å². The van der Waals surface area contributed by atoms with Gasteiger partial charge in [-0.2, -0.15) is 0 Å². The van der Waals surface area contributed by atoms with Gasteiger partial charge in [0.2, 0.25) is 5.91 Å². The Kier molecular flexibility index (Phi) is 4.99. The smallest absolute Gasteiger partial charge is 0.248 e. The van der Waals surface area contributed by atoms with Crippen molar-refractivity contribution in [3.05, 3.63) is 0 Å². The second-order valence-corrected chi connectivity index (χ2v) is 4.48. The van der Waals surface area contributed by atoms with Gasteiger partial charge in [-0.3, -0.25) is 4.79 Å². The molecule has 3 nitrogen and oxygen atoms in total. The maximum atomic E-state index is 11.2. The highest BCUT2D eigenvalue weighted by atomic mass is 16.5. The van der Waals surface area contributed by atoms with Crippen LogP contribution >= 0.6 is 0 Å². The van der Waals surface area contributed by atoms with Crippen LogP contribution in [0.15, 0.2) is 0 Å². The fourth-order valence-corrected chi connectivity index (χ4v) is 0.811. The molecule has 78 valence electrons. The SMILES string of the molecule is COC(C)C(=O)NCCC(C)(C)C. The molecule has 13 heavy (non-hydrogen) atoms. The molecule has 0 heterocycles. The number of hydrogen-bond acceptors (Lipinski definition) is 2. The highest BCUT2D eigenvalue weighted by Crippen LogP contribution is 2.16. The molecule has 0 saturated carbocycles. The summed E-state index contributed by atoms with van der Waals surface area (Å²) in [5.74, 6) is -0.0354. The van der Waals surface area contributed by atoms with E-state index < -0.39 is 0 Å². The number of carbonyl (C=O) groups excluding carboxylic acids is 1. The fraction of sp³-hybridized carbons (Fsp3) is 0.900. The quantitative estimate of drug-likeness (QED) is 0.725. The average molecular weight is 187 g/mol. The zero-order valence-corrected chi connectivity index (χ0v) is 9.31. The molecule has 1 amide bonds. The molecular formula is C10H21NO2. The summed E-state index contributed by atoms with van der Waals surface area (Å²) in [7, 11) is 1.54. The maximum absolute atomic E-state index is 11.2. The summed E-state index contributed by atoms with van der Waals surface area (Å²) in [6.45, 7) is 8.92. The van der Waals surface area contributed by atoms with Gasteiger partial charge < -0.3 is 10.1 Å². The number of rotatable bonds is 4. The molecule has 1 unspecified atom stereocenters. The Morgan fingerprint density at radius 3 is 2.38 bits per heavy atom. The second kappa shape index (κ2) is 5.22. The molecule has 0 fully saturated rings. The summed E-state index contributed by atoms with van der Waals surface area (Å²) in [6.07, 6.45) is 0.634. The van der Waals surface area contributed by atoms with Crippen molar-refractivity contribution in [2.24, 2.45) is 5.41 Å². The van der Waals surface area contributed by atoms with E-state index in [4.69, 9.17) is 4.74 Å². The van der Waals surface area contributed by atoms with E-state index in [1.165, 1.54) is 7.11 Å². The number of nitrogens with one attached hydrogen (secondary N) is 1. The minimum absolute atomic E-state index is 0.0354. The van der Waals surface area contributed by atoms with Crippen LogP contribution in [0.5, 0.6) is 0 Å². The third kappa shape index (κ3) is 6.58. The van der Waals surface area contributed by atoms with Gasteiger partial charge in [-0.05, 0) is 18.8 Å². The lowest BCUT2D eigenvalue weighted by atomic mass is 9.92. The van der Waals surface area contributed by atoms with Crippen LogP contribution in [-0.4, -0.2) is 25.7 Å². The summed E-state index contributed by atoms with van der Waals surface area (Å²) < 4.78 is 4.88.